The van der Waals surface area contributed by atoms with Crippen LogP contribution < -0.4 is 5.73 Å². The molecule has 0 saturated carbocycles. The first-order valence-electron chi connectivity index (χ1n) is 6.07. The Morgan fingerprint density at radius 2 is 2.29 bits per heavy atom. The van der Waals surface area contributed by atoms with Gasteiger partial charge in [0.25, 0.3) is 0 Å². The minimum atomic E-state index is 0.0960. The predicted molar refractivity (Wildman–Crippen MR) is 69.4 cm³/mol. The van der Waals surface area contributed by atoms with E-state index >= 15 is 0 Å². The van der Waals surface area contributed by atoms with Crippen LogP contribution in [0.2, 0.25) is 0 Å². The number of amidine groups is 1. The largest absolute Gasteiger partial charge is 0.387 e. The first-order valence-corrected chi connectivity index (χ1v) is 7.06. The maximum Gasteiger partial charge on any atom is 0.191 e. The first kappa shape index (κ1) is 12.4. The number of fused-ring (bicyclic) bond motifs is 1. The number of thioether (sulfide) groups is 1. The van der Waals surface area contributed by atoms with Crippen molar-refractivity contribution in [3.63, 3.8) is 0 Å². The number of nitrogens with two attached hydrogens (primary N) is 1. The third-order valence-electron chi connectivity index (χ3n) is 3.07. The Hall–Kier alpha value is -1.04. The molecule has 2 heterocycles. The molecule has 1 unspecified atom stereocenters. The minimum absolute atomic E-state index is 0.0960. The van der Waals surface area contributed by atoms with E-state index in [9.17, 15) is 0 Å². The molecular formula is C11H19N5S. The Bertz CT molecular complexity index is 401. The number of nitrogens with one attached hydrogen (secondary N) is 1. The Balaban J connectivity index is 2.01. The molecule has 1 aromatic rings. The molecule has 0 spiro atoms. The molecule has 1 aliphatic rings. The molecule has 5 nitrogen and oxygen atoms in total. The summed E-state index contributed by atoms with van der Waals surface area (Å²) in [4.78, 5) is 0. The molecular weight excluding hydrogens is 234 g/mol. The predicted octanol–water partition coefficient (Wildman–Crippen LogP) is 1.67. The summed E-state index contributed by atoms with van der Waals surface area (Å²) in [6.45, 7) is 2.99. The van der Waals surface area contributed by atoms with Gasteiger partial charge in [0.2, 0.25) is 0 Å². The maximum atomic E-state index is 7.37. The topological polar surface area (TPSA) is 80.6 Å². The third kappa shape index (κ3) is 3.00. The van der Waals surface area contributed by atoms with Gasteiger partial charge in [0.1, 0.15) is 5.82 Å². The summed E-state index contributed by atoms with van der Waals surface area (Å²) in [5, 5.41) is 16.8. The van der Waals surface area contributed by atoms with E-state index in [2.05, 4.69) is 14.8 Å². The normalized spacial score (nSPS) is 17.2. The van der Waals surface area contributed by atoms with Crippen LogP contribution in [0.4, 0.5) is 0 Å². The summed E-state index contributed by atoms with van der Waals surface area (Å²) < 4.78 is 2.23. The van der Waals surface area contributed by atoms with E-state index in [1.54, 1.807) is 11.8 Å². The van der Waals surface area contributed by atoms with Crippen molar-refractivity contribution in [1.29, 1.82) is 5.41 Å². The van der Waals surface area contributed by atoms with Crippen LogP contribution in [0.1, 0.15) is 32.0 Å². The molecule has 17 heavy (non-hydrogen) atoms. The van der Waals surface area contributed by atoms with E-state index in [4.69, 9.17) is 11.1 Å². The zero-order chi connectivity index (χ0) is 12.3. The number of rotatable bonds is 4. The number of aryl methyl sites for hydroxylation is 1. The van der Waals surface area contributed by atoms with Gasteiger partial charge in [0.15, 0.2) is 5.16 Å². The highest BCUT2D eigenvalue weighted by atomic mass is 32.2. The quantitative estimate of drug-likeness (QED) is 0.486. The lowest BCUT2D eigenvalue weighted by atomic mass is 10.2. The van der Waals surface area contributed by atoms with E-state index < -0.39 is 0 Å². The summed E-state index contributed by atoms with van der Waals surface area (Å²) in [5.41, 5.74) is 5.47. The Morgan fingerprint density at radius 1 is 1.47 bits per heavy atom. The van der Waals surface area contributed by atoms with Crippen molar-refractivity contribution in [2.24, 2.45) is 11.7 Å². The molecule has 1 atom stereocenters. The van der Waals surface area contributed by atoms with E-state index in [1.165, 1.54) is 19.3 Å². The van der Waals surface area contributed by atoms with Gasteiger partial charge in [0, 0.05) is 24.6 Å². The van der Waals surface area contributed by atoms with Gasteiger partial charge in [-0.3, -0.25) is 5.41 Å². The maximum absolute atomic E-state index is 7.37. The molecule has 0 radical (unpaired) electrons. The van der Waals surface area contributed by atoms with Crippen molar-refractivity contribution >= 4 is 17.6 Å². The van der Waals surface area contributed by atoms with Crippen LogP contribution >= 0.6 is 11.8 Å². The van der Waals surface area contributed by atoms with Crippen molar-refractivity contribution in [3.8, 4) is 0 Å². The van der Waals surface area contributed by atoms with Crippen LogP contribution in [0.3, 0.4) is 0 Å². The van der Waals surface area contributed by atoms with E-state index in [0.29, 0.717) is 0 Å². The average Bonchev–Trinajstić information content (AvgIpc) is 2.54. The summed E-state index contributed by atoms with van der Waals surface area (Å²) in [6, 6.07) is 0. The Kier molecular flexibility index (Phi) is 4.04. The highest BCUT2D eigenvalue weighted by Gasteiger charge is 2.16. The van der Waals surface area contributed by atoms with Gasteiger partial charge in [-0.05, 0) is 12.8 Å². The lowest BCUT2D eigenvalue weighted by Crippen LogP contribution is -2.21. The van der Waals surface area contributed by atoms with Crippen molar-refractivity contribution in [3.05, 3.63) is 5.82 Å². The smallest absolute Gasteiger partial charge is 0.191 e. The van der Waals surface area contributed by atoms with Crippen LogP contribution in [0.25, 0.3) is 0 Å². The minimum Gasteiger partial charge on any atom is -0.387 e. The molecule has 1 aromatic heterocycles. The monoisotopic (exact) mass is 253 g/mol. The summed E-state index contributed by atoms with van der Waals surface area (Å²) in [5.74, 6) is 2.25. The van der Waals surface area contributed by atoms with Crippen molar-refractivity contribution in [2.75, 3.05) is 5.75 Å². The molecule has 0 bridgehead atoms. The molecule has 0 aliphatic carbocycles. The van der Waals surface area contributed by atoms with Crippen LogP contribution in [-0.2, 0) is 13.0 Å². The van der Waals surface area contributed by atoms with Crippen LogP contribution in [0.15, 0.2) is 5.16 Å². The Morgan fingerprint density at radius 3 is 3.06 bits per heavy atom. The van der Waals surface area contributed by atoms with Gasteiger partial charge < -0.3 is 10.3 Å². The summed E-state index contributed by atoms with van der Waals surface area (Å²) >= 11 is 1.66. The number of nitrogens with zero attached hydrogens (tertiary/aromatic N) is 3. The van der Waals surface area contributed by atoms with E-state index in [0.717, 1.165) is 29.7 Å². The molecule has 6 heteroatoms. The van der Waals surface area contributed by atoms with Gasteiger partial charge in [-0.25, -0.2) is 0 Å². The number of aromatic nitrogens is 3. The highest BCUT2D eigenvalue weighted by Crippen LogP contribution is 2.23. The van der Waals surface area contributed by atoms with Crippen LogP contribution in [0.5, 0.6) is 0 Å². The lowest BCUT2D eigenvalue weighted by molar-refractivity contribution is 0.590. The highest BCUT2D eigenvalue weighted by molar-refractivity contribution is 7.99. The van der Waals surface area contributed by atoms with Crippen molar-refractivity contribution in [1.82, 2.24) is 14.8 Å². The lowest BCUT2D eigenvalue weighted by Gasteiger charge is -2.09. The molecule has 3 N–H and O–H groups in total. The second kappa shape index (κ2) is 5.53. The first-order chi connectivity index (χ1) is 8.18. The van der Waals surface area contributed by atoms with Gasteiger partial charge in [-0.15, -0.1) is 10.2 Å². The molecule has 0 saturated heterocycles. The third-order valence-corrected chi connectivity index (χ3v) is 4.30. The number of hydrogen-bond donors (Lipinski definition) is 2. The zero-order valence-corrected chi connectivity index (χ0v) is 11.0. The molecule has 2 rings (SSSR count). The van der Waals surface area contributed by atoms with E-state index in [1.807, 2.05) is 6.92 Å². The van der Waals surface area contributed by atoms with Gasteiger partial charge in [-0.1, -0.05) is 25.1 Å². The second-order valence-corrected chi connectivity index (χ2v) is 5.52. The van der Waals surface area contributed by atoms with E-state index in [-0.39, 0.29) is 11.8 Å². The van der Waals surface area contributed by atoms with Crippen molar-refractivity contribution in [2.45, 2.75) is 44.3 Å². The SMILES string of the molecule is CC(CSc1nnc2n1CCCCC2)C(=N)N. The molecule has 1 aliphatic heterocycles. The molecule has 94 valence electrons. The van der Waals surface area contributed by atoms with Gasteiger partial charge >= 0.3 is 0 Å². The zero-order valence-electron chi connectivity index (χ0n) is 10.1. The van der Waals surface area contributed by atoms with Gasteiger partial charge in [0.05, 0.1) is 5.84 Å². The fourth-order valence-corrected chi connectivity index (χ4v) is 2.88. The standard InChI is InChI=1S/C11H19N5S/c1-8(10(12)13)7-17-11-15-14-9-5-3-2-4-6-16(9)11/h8H,2-7H2,1H3,(H3,12,13). The molecule has 0 aromatic carbocycles. The van der Waals surface area contributed by atoms with Crippen LogP contribution in [0, 0.1) is 11.3 Å². The molecule has 0 amide bonds. The average molecular weight is 253 g/mol. The summed E-state index contributed by atoms with van der Waals surface area (Å²) in [7, 11) is 0. The fraction of sp³-hybridized carbons (Fsp3) is 0.727. The van der Waals surface area contributed by atoms with Crippen LogP contribution in [-0.4, -0.2) is 26.4 Å². The molecule has 0 fully saturated rings. The van der Waals surface area contributed by atoms with Gasteiger partial charge in [-0.2, -0.15) is 0 Å². The Labute approximate surface area is 106 Å². The number of hydrogen-bond acceptors (Lipinski definition) is 4. The fourth-order valence-electron chi connectivity index (χ4n) is 1.85. The second-order valence-electron chi connectivity index (χ2n) is 4.53. The van der Waals surface area contributed by atoms with Crippen molar-refractivity contribution < 1.29 is 0 Å². The summed E-state index contributed by atoms with van der Waals surface area (Å²) in [6.07, 6.45) is 4.74.